The molecule has 0 aliphatic carbocycles. The molecule has 0 bridgehead atoms. The highest BCUT2D eigenvalue weighted by Crippen LogP contribution is 2.20. The molecule has 6 nitrogen and oxygen atoms in total. The summed E-state index contributed by atoms with van der Waals surface area (Å²) in [6.07, 6.45) is 3.06. The van der Waals surface area contributed by atoms with E-state index in [4.69, 9.17) is 11.6 Å². The number of halogens is 1. The summed E-state index contributed by atoms with van der Waals surface area (Å²) in [6.45, 7) is 2.75. The number of carbonyl (C=O) groups excluding carboxylic acids is 1. The van der Waals surface area contributed by atoms with Crippen LogP contribution in [0.2, 0.25) is 5.02 Å². The third-order valence-corrected chi connectivity index (χ3v) is 6.80. The van der Waals surface area contributed by atoms with Gasteiger partial charge in [0.15, 0.2) is 0 Å². The Kier molecular flexibility index (Phi) is 5.61. The first-order chi connectivity index (χ1) is 14.0. The number of rotatable bonds is 4. The maximum absolute atomic E-state index is 13.2. The van der Waals surface area contributed by atoms with Crippen LogP contribution >= 0.6 is 22.9 Å². The van der Waals surface area contributed by atoms with Crippen molar-refractivity contribution in [2.24, 2.45) is 0 Å². The van der Waals surface area contributed by atoms with Crippen LogP contribution in [0.15, 0.2) is 45.3 Å². The van der Waals surface area contributed by atoms with Crippen LogP contribution < -0.4 is 11.2 Å². The Hall–Kier alpha value is -2.38. The molecule has 1 aliphatic rings. The lowest BCUT2D eigenvalue weighted by atomic mass is 10.0. The predicted molar refractivity (Wildman–Crippen MR) is 116 cm³/mol. The minimum Gasteiger partial charge on any atom is -0.338 e. The lowest BCUT2D eigenvalue weighted by molar-refractivity contribution is -0.135. The summed E-state index contributed by atoms with van der Waals surface area (Å²) in [5.41, 5.74) is 0.360. The Bertz CT molecular complexity index is 1180. The zero-order valence-corrected chi connectivity index (χ0v) is 17.7. The molecular formula is C21H22ClN3O3S. The van der Waals surface area contributed by atoms with E-state index in [1.807, 2.05) is 17.9 Å². The number of nitrogens with zero attached hydrogens (tertiary/aromatic N) is 3. The number of piperidine rings is 1. The van der Waals surface area contributed by atoms with Crippen molar-refractivity contribution in [3.63, 3.8) is 0 Å². The molecule has 0 spiro atoms. The Morgan fingerprint density at radius 3 is 2.72 bits per heavy atom. The van der Waals surface area contributed by atoms with Crippen molar-refractivity contribution in [2.45, 2.75) is 45.3 Å². The standard InChI is InChI=1S/C21H22ClN3O3S/c1-14-6-4-5-10-23(14)18(26)13-24-17-9-11-29-19(17)20(27)25(21(24)28)12-15-7-2-3-8-16(15)22/h2-3,7-9,11,14H,4-6,10,12-13H2,1H3/t14-/m0/s1. The van der Waals surface area contributed by atoms with E-state index in [1.54, 1.807) is 29.6 Å². The van der Waals surface area contributed by atoms with Crippen molar-refractivity contribution in [3.8, 4) is 0 Å². The normalized spacial score (nSPS) is 17.0. The highest BCUT2D eigenvalue weighted by atomic mass is 35.5. The second kappa shape index (κ2) is 8.16. The molecule has 1 saturated heterocycles. The maximum Gasteiger partial charge on any atom is 0.332 e. The van der Waals surface area contributed by atoms with Gasteiger partial charge >= 0.3 is 5.69 Å². The van der Waals surface area contributed by atoms with Crippen molar-refractivity contribution in [2.75, 3.05) is 6.54 Å². The van der Waals surface area contributed by atoms with E-state index in [-0.39, 0.29) is 30.6 Å². The van der Waals surface area contributed by atoms with Crippen LogP contribution in [0.5, 0.6) is 0 Å². The van der Waals surface area contributed by atoms with Gasteiger partial charge in [-0.05, 0) is 49.3 Å². The number of benzene rings is 1. The summed E-state index contributed by atoms with van der Waals surface area (Å²) in [6, 6.07) is 9.03. The Morgan fingerprint density at radius 2 is 1.97 bits per heavy atom. The smallest absolute Gasteiger partial charge is 0.332 e. The van der Waals surface area contributed by atoms with Gasteiger partial charge in [0.2, 0.25) is 5.91 Å². The largest absolute Gasteiger partial charge is 0.338 e. The van der Waals surface area contributed by atoms with Gasteiger partial charge in [-0.3, -0.25) is 18.7 Å². The minimum absolute atomic E-state index is 0.0689. The van der Waals surface area contributed by atoms with E-state index in [2.05, 4.69) is 0 Å². The molecule has 0 radical (unpaired) electrons. The Morgan fingerprint density at radius 1 is 1.17 bits per heavy atom. The van der Waals surface area contributed by atoms with E-state index in [9.17, 15) is 14.4 Å². The fourth-order valence-corrected chi connectivity index (χ4v) is 4.96. The zero-order chi connectivity index (χ0) is 20.5. The number of carbonyl (C=O) groups is 1. The molecule has 1 atom stereocenters. The fraction of sp³-hybridized carbons (Fsp3) is 0.381. The van der Waals surface area contributed by atoms with Gasteiger partial charge < -0.3 is 4.90 Å². The number of fused-ring (bicyclic) bond motifs is 1. The molecule has 2 aromatic heterocycles. The van der Waals surface area contributed by atoms with Gasteiger partial charge in [0, 0.05) is 17.6 Å². The van der Waals surface area contributed by atoms with Crippen molar-refractivity contribution in [3.05, 3.63) is 67.1 Å². The molecule has 4 rings (SSSR count). The number of amides is 1. The van der Waals surface area contributed by atoms with E-state index < -0.39 is 5.69 Å². The van der Waals surface area contributed by atoms with Crippen LogP contribution in [0, 0.1) is 0 Å². The van der Waals surface area contributed by atoms with Gasteiger partial charge in [-0.2, -0.15) is 0 Å². The molecule has 152 valence electrons. The van der Waals surface area contributed by atoms with Gasteiger partial charge in [0.1, 0.15) is 11.2 Å². The average molecular weight is 432 g/mol. The van der Waals surface area contributed by atoms with Crippen molar-refractivity contribution >= 4 is 39.1 Å². The van der Waals surface area contributed by atoms with Crippen molar-refractivity contribution in [1.29, 1.82) is 0 Å². The Labute approximate surface area is 176 Å². The lowest BCUT2D eigenvalue weighted by Crippen LogP contribution is -2.47. The van der Waals surface area contributed by atoms with Crippen LogP contribution in [0.3, 0.4) is 0 Å². The number of aromatic nitrogens is 2. The first-order valence-corrected chi connectivity index (χ1v) is 11.0. The first-order valence-electron chi connectivity index (χ1n) is 9.71. The number of likely N-dealkylation sites (tertiary alicyclic amines) is 1. The molecule has 3 aromatic rings. The highest BCUT2D eigenvalue weighted by molar-refractivity contribution is 7.17. The van der Waals surface area contributed by atoms with Crippen LogP contribution in [-0.4, -0.2) is 32.5 Å². The summed E-state index contributed by atoms with van der Waals surface area (Å²) in [7, 11) is 0. The number of hydrogen-bond acceptors (Lipinski definition) is 4. The topological polar surface area (TPSA) is 64.3 Å². The number of hydrogen-bond donors (Lipinski definition) is 0. The summed E-state index contributed by atoms with van der Waals surface area (Å²) >= 11 is 7.51. The van der Waals surface area contributed by atoms with Gasteiger partial charge in [-0.15, -0.1) is 11.3 Å². The SMILES string of the molecule is C[C@H]1CCCCN1C(=O)Cn1c(=O)n(Cc2ccccc2Cl)c(=O)c2sccc21. The molecule has 1 fully saturated rings. The van der Waals surface area contributed by atoms with Crippen LogP contribution in [-0.2, 0) is 17.9 Å². The second-order valence-corrected chi connectivity index (χ2v) is 8.74. The summed E-state index contributed by atoms with van der Waals surface area (Å²) in [5.74, 6) is -0.0882. The van der Waals surface area contributed by atoms with Gasteiger partial charge in [0.05, 0.1) is 12.1 Å². The molecule has 1 aliphatic heterocycles. The molecule has 8 heteroatoms. The maximum atomic E-state index is 13.2. The molecule has 1 aromatic carbocycles. The summed E-state index contributed by atoms with van der Waals surface area (Å²) < 4.78 is 3.07. The van der Waals surface area contributed by atoms with Gasteiger partial charge in [-0.1, -0.05) is 29.8 Å². The molecule has 0 saturated carbocycles. The summed E-state index contributed by atoms with van der Waals surface area (Å²) in [5, 5.41) is 2.27. The molecular weight excluding hydrogens is 410 g/mol. The van der Waals surface area contributed by atoms with Gasteiger partial charge in [0.25, 0.3) is 5.56 Å². The molecule has 0 N–H and O–H groups in total. The molecule has 29 heavy (non-hydrogen) atoms. The van der Waals surface area contributed by atoms with E-state index in [0.29, 0.717) is 27.3 Å². The summed E-state index contributed by atoms with van der Waals surface area (Å²) in [4.78, 5) is 41.0. The predicted octanol–water partition coefficient (Wildman–Crippen LogP) is 3.33. The van der Waals surface area contributed by atoms with E-state index in [1.165, 1.54) is 20.5 Å². The van der Waals surface area contributed by atoms with Crippen LogP contribution in [0.1, 0.15) is 31.7 Å². The van der Waals surface area contributed by atoms with E-state index in [0.717, 1.165) is 19.3 Å². The Balaban J connectivity index is 1.77. The van der Waals surface area contributed by atoms with Crippen LogP contribution in [0.4, 0.5) is 0 Å². The van der Waals surface area contributed by atoms with Crippen molar-refractivity contribution in [1.82, 2.24) is 14.0 Å². The average Bonchev–Trinajstić information content (AvgIpc) is 3.20. The minimum atomic E-state index is -0.487. The van der Waals surface area contributed by atoms with Crippen molar-refractivity contribution < 1.29 is 4.79 Å². The fourth-order valence-electron chi connectivity index (χ4n) is 3.92. The lowest BCUT2D eigenvalue weighted by Gasteiger charge is -2.33. The van der Waals surface area contributed by atoms with Crippen LogP contribution in [0.25, 0.3) is 10.2 Å². The zero-order valence-electron chi connectivity index (χ0n) is 16.1. The quantitative estimate of drug-likeness (QED) is 0.636. The molecule has 3 heterocycles. The van der Waals surface area contributed by atoms with Gasteiger partial charge in [-0.25, -0.2) is 4.79 Å². The number of thiophene rings is 1. The molecule has 1 amide bonds. The highest BCUT2D eigenvalue weighted by Gasteiger charge is 2.25. The monoisotopic (exact) mass is 431 g/mol. The second-order valence-electron chi connectivity index (χ2n) is 7.42. The third kappa shape index (κ3) is 3.76. The third-order valence-electron chi connectivity index (χ3n) is 5.54. The van der Waals surface area contributed by atoms with E-state index >= 15 is 0 Å². The first kappa shape index (κ1) is 19.9. The molecule has 0 unspecified atom stereocenters.